The van der Waals surface area contributed by atoms with Gasteiger partial charge in [0.15, 0.2) is 0 Å². The Bertz CT molecular complexity index is 986. The Labute approximate surface area is 169 Å². The molecule has 2 N–H and O–H groups in total. The Morgan fingerprint density at radius 1 is 1.31 bits per heavy atom. The third kappa shape index (κ3) is 4.85. The van der Waals surface area contributed by atoms with E-state index >= 15 is 0 Å². The lowest BCUT2D eigenvalue weighted by Crippen LogP contribution is -2.30. The van der Waals surface area contributed by atoms with E-state index in [1.807, 2.05) is 42.9 Å². The number of carbonyl (C=O) groups is 1. The highest BCUT2D eigenvalue weighted by Gasteiger charge is 2.15. The summed E-state index contributed by atoms with van der Waals surface area (Å²) in [4.78, 5) is 16.8. The molecule has 7 heteroatoms. The quantitative estimate of drug-likeness (QED) is 0.501. The normalized spacial score (nSPS) is 11.0. The van der Waals surface area contributed by atoms with Crippen LogP contribution in [0.4, 0.5) is 14.9 Å². The smallest absolute Gasteiger partial charge is 0.411 e. The van der Waals surface area contributed by atoms with Crippen LogP contribution in [0.5, 0.6) is 0 Å². The number of fused-ring (bicyclic) bond motifs is 1. The van der Waals surface area contributed by atoms with Crippen LogP contribution < -0.4 is 10.3 Å². The number of hydrogen-bond donors (Lipinski definition) is 2. The van der Waals surface area contributed by atoms with Crippen LogP contribution in [0.3, 0.4) is 0 Å². The second-order valence-corrected chi connectivity index (χ2v) is 7.15. The molecular formula is C22H27FN4O2. The molecule has 0 unspecified atom stereocenters. The molecule has 154 valence electrons. The van der Waals surface area contributed by atoms with E-state index in [9.17, 15) is 14.3 Å². The van der Waals surface area contributed by atoms with Crippen molar-refractivity contribution in [3.63, 3.8) is 0 Å². The number of nitrogens with zero attached hydrogens (tertiary/aromatic N) is 3. The summed E-state index contributed by atoms with van der Waals surface area (Å²) in [5, 5.41) is 10.5. The summed E-state index contributed by atoms with van der Waals surface area (Å²) in [7, 11) is 0. The fourth-order valence-electron chi connectivity index (χ4n) is 3.42. The van der Waals surface area contributed by atoms with Gasteiger partial charge in [-0.25, -0.2) is 9.18 Å². The van der Waals surface area contributed by atoms with Gasteiger partial charge in [0.25, 0.3) is 0 Å². The van der Waals surface area contributed by atoms with Gasteiger partial charge in [0.1, 0.15) is 5.82 Å². The van der Waals surface area contributed by atoms with Crippen molar-refractivity contribution in [1.29, 1.82) is 0 Å². The number of halogens is 1. The number of unbranched alkanes of at least 4 members (excludes halogenated alkanes) is 1. The van der Waals surface area contributed by atoms with Crippen LogP contribution in [-0.4, -0.2) is 33.9 Å². The predicted octanol–water partition coefficient (Wildman–Crippen LogP) is 4.94. The lowest BCUT2D eigenvalue weighted by atomic mass is 10.1. The Hall–Kier alpha value is -3.09. The SMILES string of the molecule is CCCCN(C(=O)O)c1ccc2c(c1)c(C)cn2NCCCc1ccncc1F. The number of amides is 1. The van der Waals surface area contributed by atoms with Crippen LogP contribution in [0.15, 0.2) is 42.9 Å². The predicted molar refractivity (Wildman–Crippen MR) is 114 cm³/mol. The molecule has 0 saturated carbocycles. The van der Waals surface area contributed by atoms with Gasteiger partial charge < -0.3 is 10.5 Å². The van der Waals surface area contributed by atoms with Crippen molar-refractivity contribution in [2.75, 3.05) is 23.4 Å². The first-order valence-electron chi connectivity index (χ1n) is 9.95. The number of carboxylic acid groups (broad SMARTS) is 1. The van der Waals surface area contributed by atoms with Crippen LogP contribution in [0.1, 0.15) is 37.3 Å². The fourth-order valence-corrected chi connectivity index (χ4v) is 3.42. The van der Waals surface area contributed by atoms with E-state index in [-0.39, 0.29) is 5.82 Å². The number of nitrogens with one attached hydrogen (secondary N) is 1. The summed E-state index contributed by atoms with van der Waals surface area (Å²) < 4.78 is 15.6. The molecule has 0 spiro atoms. The Morgan fingerprint density at radius 3 is 2.86 bits per heavy atom. The zero-order valence-electron chi connectivity index (χ0n) is 16.9. The standard InChI is InChI=1S/C22H27FN4O2/c1-3-4-12-26(22(28)29)18-7-8-21-19(13-18)16(2)15-27(21)25-10-5-6-17-9-11-24-14-20(17)23/h7-9,11,13-15,25H,3-6,10,12H2,1-2H3,(H,28,29). The number of aromatic nitrogens is 2. The zero-order valence-corrected chi connectivity index (χ0v) is 16.9. The van der Waals surface area contributed by atoms with Gasteiger partial charge >= 0.3 is 6.09 Å². The highest BCUT2D eigenvalue weighted by molar-refractivity contribution is 5.92. The first-order chi connectivity index (χ1) is 14.0. The molecular weight excluding hydrogens is 371 g/mol. The summed E-state index contributed by atoms with van der Waals surface area (Å²) in [5.41, 5.74) is 6.76. The number of hydrogen-bond acceptors (Lipinski definition) is 3. The van der Waals surface area contributed by atoms with E-state index in [0.29, 0.717) is 30.8 Å². The van der Waals surface area contributed by atoms with Crippen LogP contribution >= 0.6 is 0 Å². The number of pyridine rings is 1. The van der Waals surface area contributed by atoms with E-state index < -0.39 is 6.09 Å². The van der Waals surface area contributed by atoms with Crippen molar-refractivity contribution in [1.82, 2.24) is 9.66 Å². The van der Waals surface area contributed by atoms with Crippen LogP contribution in [-0.2, 0) is 6.42 Å². The molecule has 1 aromatic carbocycles. The molecule has 29 heavy (non-hydrogen) atoms. The molecule has 3 aromatic rings. The highest BCUT2D eigenvalue weighted by Crippen LogP contribution is 2.26. The van der Waals surface area contributed by atoms with Crippen LogP contribution in [0.2, 0.25) is 0 Å². The van der Waals surface area contributed by atoms with Gasteiger partial charge in [0, 0.05) is 36.6 Å². The van der Waals surface area contributed by atoms with Crippen LogP contribution in [0, 0.1) is 12.7 Å². The van der Waals surface area contributed by atoms with Crippen molar-refractivity contribution in [2.24, 2.45) is 0 Å². The minimum Gasteiger partial charge on any atom is -0.465 e. The minimum absolute atomic E-state index is 0.270. The third-order valence-corrected chi connectivity index (χ3v) is 5.03. The summed E-state index contributed by atoms with van der Waals surface area (Å²) in [5.74, 6) is -0.270. The average Bonchev–Trinajstić information content (AvgIpc) is 3.02. The van der Waals surface area contributed by atoms with Crippen molar-refractivity contribution >= 4 is 22.7 Å². The molecule has 0 aliphatic rings. The zero-order chi connectivity index (χ0) is 20.8. The van der Waals surface area contributed by atoms with Gasteiger partial charge in [0.2, 0.25) is 0 Å². The second-order valence-electron chi connectivity index (χ2n) is 7.15. The number of anilines is 1. The van der Waals surface area contributed by atoms with E-state index in [0.717, 1.165) is 35.7 Å². The average molecular weight is 398 g/mol. The molecule has 0 saturated heterocycles. The van der Waals surface area contributed by atoms with Crippen LogP contribution in [0.25, 0.3) is 10.9 Å². The maximum absolute atomic E-state index is 13.7. The van der Waals surface area contributed by atoms with Crippen molar-refractivity contribution in [3.05, 3.63) is 59.8 Å². The Kier molecular flexibility index (Phi) is 6.69. The van der Waals surface area contributed by atoms with E-state index in [1.54, 1.807) is 12.3 Å². The molecule has 0 atom stereocenters. The van der Waals surface area contributed by atoms with Gasteiger partial charge in [-0.15, -0.1) is 0 Å². The molecule has 2 aromatic heterocycles. The molecule has 0 radical (unpaired) electrons. The fraction of sp³-hybridized carbons (Fsp3) is 0.364. The Balaban J connectivity index is 1.70. The lowest BCUT2D eigenvalue weighted by molar-refractivity contribution is 0.201. The van der Waals surface area contributed by atoms with E-state index in [1.165, 1.54) is 11.1 Å². The maximum atomic E-state index is 13.7. The van der Waals surface area contributed by atoms with Gasteiger partial charge in [0.05, 0.1) is 11.7 Å². The second kappa shape index (κ2) is 9.41. The largest absolute Gasteiger partial charge is 0.465 e. The molecule has 0 bridgehead atoms. The molecule has 1 amide bonds. The number of aryl methyl sites for hydroxylation is 2. The van der Waals surface area contributed by atoms with E-state index in [4.69, 9.17) is 0 Å². The monoisotopic (exact) mass is 398 g/mol. The highest BCUT2D eigenvalue weighted by atomic mass is 19.1. The van der Waals surface area contributed by atoms with Crippen molar-refractivity contribution < 1.29 is 14.3 Å². The summed E-state index contributed by atoms with van der Waals surface area (Å²) in [6, 6.07) is 7.42. The minimum atomic E-state index is -0.934. The summed E-state index contributed by atoms with van der Waals surface area (Å²) in [6.45, 7) is 5.22. The van der Waals surface area contributed by atoms with E-state index in [2.05, 4.69) is 10.4 Å². The summed E-state index contributed by atoms with van der Waals surface area (Å²) >= 11 is 0. The first kappa shape index (κ1) is 20.6. The first-order valence-corrected chi connectivity index (χ1v) is 9.95. The number of rotatable bonds is 9. The maximum Gasteiger partial charge on any atom is 0.411 e. The van der Waals surface area contributed by atoms with Crippen molar-refractivity contribution in [2.45, 2.75) is 39.5 Å². The van der Waals surface area contributed by atoms with Gasteiger partial charge in [-0.3, -0.25) is 14.6 Å². The topological polar surface area (TPSA) is 70.4 Å². The van der Waals surface area contributed by atoms with Gasteiger partial charge in [-0.2, -0.15) is 0 Å². The summed E-state index contributed by atoms with van der Waals surface area (Å²) in [6.07, 6.45) is 7.08. The molecule has 6 nitrogen and oxygen atoms in total. The van der Waals surface area contributed by atoms with Gasteiger partial charge in [-0.1, -0.05) is 13.3 Å². The Morgan fingerprint density at radius 2 is 2.14 bits per heavy atom. The van der Waals surface area contributed by atoms with Crippen molar-refractivity contribution in [3.8, 4) is 0 Å². The van der Waals surface area contributed by atoms with Gasteiger partial charge in [-0.05, 0) is 61.6 Å². The third-order valence-electron chi connectivity index (χ3n) is 5.03. The number of benzene rings is 1. The molecule has 0 aliphatic carbocycles. The molecule has 0 fully saturated rings. The lowest BCUT2D eigenvalue weighted by Gasteiger charge is -2.19. The molecule has 0 aliphatic heterocycles. The molecule has 3 rings (SSSR count). The molecule has 2 heterocycles.